The van der Waals surface area contributed by atoms with Crippen molar-refractivity contribution in [2.24, 2.45) is 0 Å². The van der Waals surface area contributed by atoms with Crippen molar-refractivity contribution in [3.05, 3.63) is 47.9 Å². The Morgan fingerprint density at radius 3 is 2.91 bits per heavy atom. The third-order valence-electron chi connectivity index (χ3n) is 3.58. The van der Waals surface area contributed by atoms with Gasteiger partial charge in [-0.25, -0.2) is 9.37 Å². The summed E-state index contributed by atoms with van der Waals surface area (Å²) in [4.78, 5) is 28.2. The quantitative estimate of drug-likeness (QED) is 0.910. The first-order chi connectivity index (χ1) is 11.1. The number of carbonyl (C=O) groups excluding carboxylic acids is 2. The number of methoxy groups -OCH3 is 1. The Labute approximate surface area is 131 Å². The summed E-state index contributed by atoms with van der Waals surface area (Å²) in [5.74, 6) is -1.39. The van der Waals surface area contributed by atoms with Gasteiger partial charge < -0.3 is 15.4 Å². The van der Waals surface area contributed by atoms with Crippen molar-refractivity contribution in [2.45, 2.75) is 12.3 Å². The molecular weight excluding hydrogens is 301 g/mol. The molecule has 118 valence electrons. The molecule has 2 amide bonds. The number of halogens is 1. The van der Waals surface area contributed by atoms with Gasteiger partial charge in [0.15, 0.2) is 0 Å². The van der Waals surface area contributed by atoms with Crippen LogP contribution in [0.3, 0.4) is 0 Å². The molecule has 0 saturated carbocycles. The summed E-state index contributed by atoms with van der Waals surface area (Å²) in [5, 5.41) is 5.28. The van der Waals surface area contributed by atoms with Crippen LogP contribution in [0, 0.1) is 5.82 Å². The number of anilines is 2. The molecule has 6 nitrogen and oxygen atoms in total. The normalized spacial score (nSPS) is 16.3. The maximum atomic E-state index is 13.3. The van der Waals surface area contributed by atoms with Gasteiger partial charge in [-0.2, -0.15) is 0 Å². The van der Waals surface area contributed by atoms with Crippen LogP contribution in [-0.4, -0.2) is 23.9 Å². The van der Waals surface area contributed by atoms with Crippen molar-refractivity contribution in [1.82, 2.24) is 4.98 Å². The van der Waals surface area contributed by atoms with Gasteiger partial charge in [0.2, 0.25) is 17.7 Å². The Kier molecular flexibility index (Phi) is 3.92. The molecule has 1 aliphatic rings. The molecule has 23 heavy (non-hydrogen) atoms. The molecule has 0 bridgehead atoms. The maximum Gasteiger partial charge on any atom is 0.232 e. The second-order valence-corrected chi connectivity index (χ2v) is 5.11. The van der Waals surface area contributed by atoms with Crippen LogP contribution in [-0.2, 0) is 9.59 Å². The summed E-state index contributed by atoms with van der Waals surface area (Å²) < 4.78 is 18.2. The Morgan fingerprint density at radius 2 is 2.22 bits per heavy atom. The number of aromatic nitrogens is 1. The summed E-state index contributed by atoms with van der Waals surface area (Å²) >= 11 is 0. The van der Waals surface area contributed by atoms with Gasteiger partial charge >= 0.3 is 0 Å². The van der Waals surface area contributed by atoms with Gasteiger partial charge in [0.1, 0.15) is 5.82 Å². The van der Waals surface area contributed by atoms with Gasteiger partial charge in [-0.15, -0.1) is 0 Å². The number of amides is 2. The molecule has 0 fully saturated rings. The molecule has 2 heterocycles. The maximum absolute atomic E-state index is 13.3. The van der Waals surface area contributed by atoms with Crippen LogP contribution in [0.4, 0.5) is 15.8 Å². The molecule has 0 spiro atoms. The van der Waals surface area contributed by atoms with Gasteiger partial charge in [-0.3, -0.25) is 9.59 Å². The lowest BCUT2D eigenvalue weighted by molar-refractivity contribution is -0.123. The van der Waals surface area contributed by atoms with Gasteiger partial charge in [0, 0.05) is 18.2 Å². The molecule has 1 aromatic carbocycles. The highest BCUT2D eigenvalue weighted by Crippen LogP contribution is 2.33. The van der Waals surface area contributed by atoms with Gasteiger partial charge in [-0.1, -0.05) is 6.07 Å². The van der Waals surface area contributed by atoms with Crippen molar-refractivity contribution in [3.63, 3.8) is 0 Å². The SMILES string of the molecule is COc1ccc(NC(=O)[C@H]2CC(=O)Nc3cc(F)ccc32)cn1. The minimum absolute atomic E-state index is 0.00799. The van der Waals surface area contributed by atoms with E-state index in [1.54, 1.807) is 12.1 Å². The molecular formula is C16H14FN3O3. The first-order valence-corrected chi connectivity index (χ1v) is 6.97. The van der Waals surface area contributed by atoms with E-state index in [-0.39, 0.29) is 18.2 Å². The first-order valence-electron chi connectivity index (χ1n) is 6.97. The molecule has 1 atom stereocenters. The Hall–Kier alpha value is -2.96. The third-order valence-corrected chi connectivity index (χ3v) is 3.58. The van der Waals surface area contributed by atoms with Gasteiger partial charge in [-0.05, 0) is 23.8 Å². The van der Waals surface area contributed by atoms with Crippen LogP contribution in [0.25, 0.3) is 0 Å². The molecule has 0 saturated heterocycles. The molecule has 2 N–H and O–H groups in total. The van der Waals surface area contributed by atoms with E-state index in [9.17, 15) is 14.0 Å². The fraction of sp³-hybridized carbons (Fsp3) is 0.188. The largest absolute Gasteiger partial charge is 0.481 e. The van der Waals surface area contributed by atoms with E-state index in [1.165, 1.54) is 31.5 Å². The Bertz CT molecular complexity index is 762. The second-order valence-electron chi connectivity index (χ2n) is 5.11. The molecule has 0 aliphatic carbocycles. The van der Waals surface area contributed by atoms with Crippen LogP contribution in [0.1, 0.15) is 17.9 Å². The zero-order valence-corrected chi connectivity index (χ0v) is 12.3. The minimum atomic E-state index is -0.679. The van der Waals surface area contributed by atoms with E-state index in [1.807, 2.05) is 0 Å². The van der Waals surface area contributed by atoms with Crippen molar-refractivity contribution < 1.29 is 18.7 Å². The molecule has 7 heteroatoms. The molecule has 1 aromatic heterocycles. The fourth-order valence-corrected chi connectivity index (χ4v) is 2.48. The molecule has 2 aromatic rings. The third kappa shape index (κ3) is 3.13. The average Bonchev–Trinajstić information content (AvgIpc) is 2.54. The highest BCUT2D eigenvalue weighted by Gasteiger charge is 2.31. The van der Waals surface area contributed by atoms with Crippen molar-refractivity contribution in [1.29, 1.82) is 0 Å². The number of pyridine rings is 1. The van der Waals surface area contributed by atoms with Crippen molar-refractivity contribution in [3.8, 4) is 5.88 Å². The smallest absolute Gasteiger partial charge is 0.232 e. The highest BCUT2D eigenvalue weighted by molar-refractivity contribution is 6.05. The number of hydrogen-bond acceptors (Lipinski definition) is 4. The molecule has 0 unspecified atom stereocenters. The lowest BCUT2D eigenvalue weighted by atomic mass is 9.89. The summed E-state index contributed by atoms with van der Waals surface area (Å²) in [6.07, 6.45) is 1.47. The topological polar surface area (TPSA) is 80.3 Å². The zero-order chi connectivity index (χ0) is 16.4. The van der Waals surface area contributed by atoms with Crippen LogP contribution in [0.2, 0.25) is 0 Å². The number of fused-ring (bicyclic) bond motifs is 1. The second kappa shape index (κ2) is 6.04. The minimum Gasteiger partial charge on any atom is -0.481 e. The monoisotopic (exact) mass is 315 g/mol. The number of hydrogen-bond donors (Lipinski definition) is 2. The van der Waals surface area contributed by atoms with Gasteiger partial charge in [0.25, 0.3) is 0 Å². The summed E-state index contributed by atoms with van der Waals surface area (Å²) in [6, 6.07) is 7.26. The Morgan fingerprint density at radius 1 is 1.39 bits per heavy atom. The van der Waals surface area contributed by atoms with E-state index in [4.69, 9.17) is 4.74 Å². The van der Waals surface area contributed by atoms with Crippen LogP contribution < -0.4 is 15.4 Å². The summed E-state index contributed by atoms with van der Waals surface area (Å²) in [5.41, 5.74) is 1.41. The van der Waals surface area contributed by atoms with Gasteiger partial charge in [0.05, 0.1) is 24.9 Å². The molecule has 0 radical (unpaired) electrons. The average molecular weight is 315 g/mol. The first kappa shape index (κ1) is 15.0. The van der Waals surface area contributed by atoms with E-state index >= 15 is 0 Å². The number of nitrogens with one attached hydrogen (secondary N) is 2. The van der Waals surface area contributed by atoms with Crippen LogP contribution in [0.15, 0.2) is 36.5 Å². The van der Waals surface area contributed by atoms with E-state index in [0.717, 1.165) is 0 Å². The van der Waals surface area contributed by atoms with E-state index in [2.05, 4.69) is 15.6 Å². The predicted molar refractivity (Wildman–Crippen MR) is 81.8 cm³/mol. The summed E-state index contributed by atoms with van der Waals surface area (Å²) in [7, 11) is 1.50. The number of rotatable bonds is 3. The number of benzene rings is 1. The zero-order valence-electron chi connectivity index (χ0n) is 12.3. The highest BCUT2D eigenvalue weighted by atomic mass is 19.1. The number of nitrogens with zero attached hydrogens (tertiary/aromatic N) is 1. The number of carbonyl (C=O) groups is 2. The van der Waals surface area contributed by atoms with Crippen molar-refractivity contribution >= 4 is 23.2 Å². The van der Waals surface area contributed by atoms with E-state index < -0.39 is 11.7 Å². The standard InChI is InChI=1S/C16H14FN3O3/c1-23-15-5-3-10(8-18-15)19-16(22)12-7-14(21)20-13-6-9(17)2-4-11(12)13/h2-6,8,12H,7H2,1H3,(H,19,22)(H,20,21)/t12-/m0/s1. The summed E-state index contributed by atoms with van der Waals surface area (Å²) in [6.45, 7) is 0. The number of ether oxygens (including phenoxy) is 1. The molecule has 1 aliphatic heterocycles. The van der Waals surface area contributed by atoms with Crippen LogP contribution >= 0.6 is 0 Å². The van der Waals surface area contributed by atoms with Crippen molar-refractivity contribution in [2.75, 3.05) is 17.7 Å². The lowest BCUT2D eigenvalue weighted by Crippen LogP contribution is -2.30. The predicted octanol–water partition coefficient (Wildman–Crippen LogP) is 2.29. The molecule has 3 rings (SSSR count). The van der Waals surface area contributed by atoms with E-state index in [0.29, 0.717) is 22.8 Å². The van der Waals surface area contributed by atoms with Crippen LogP contribution in [0.5, 0.6) is 5.88 Å². The Balaban J connectivity index is 1.83. The fourth-order valence-electron chi connectivity index (χ4n) is 2.48. The lowest BCUT2D eigenvalue weighted by Gasteiger charge is -2.24.